The Morgan fingerprint density at radius 3 is 3.20 bits per heavy atom. The second kappa shape index (κ2) is 6.73. The van der Waals surface area contributed by atoms with Crippen molar-refractivity contribution in [3.8, 4) is 12.3 Å². The monoisotopic (exact) mass is 240 g/mol. The molecule has 1 atom stereocenters. The van der Waals surface area contributed by atoms with Crippen LogP contribution in [0.5, 0.6) is 0 Å². The third kappa shape index (κ3) is 4.57. The molecule has 0 aliphatic carbocycles. The van der Waals surface area contributed by atoms with E-state index < -0.39 is 0 Å². The molecule has 1 heterocycles. The molecule has 1 aromatic heterocycles. The van der Waals surface area contributed by atoms with Crippen LogP contribution in [0.25, 0.3) is 0 Å². The van der Waals surface area contributed by atoms with Gasteiger partial charge in [-0.15, -0.1) is 18.2 Å². The van der Waals surface area contributed by atoms with Crippen LogP contribution in [0.2, 0.25) is 5.02 Å². The lowest BCUT2D eigenvalue weighted by Crippen LogP contribution is -2.22. The maximum absolute atomic E-state index is 5.99. The van der Waals surface area contributed by atoms with Crippen molar-refractivity contribution < 1.29 is 0 Å². The average molecular weight is 241 g/mol. The zero-order chi connectivity index (χ0) is 11.1. The summed E-state index contributed by atoms with van der Waals surface area (Å²) in [7, 11) is 0. The van der Waals surface area contributed by atoms with E-state index in [1.54, 1.807) is 18.0 Å². The Balaban J connectivity index is 2.41. The number of nitrogens with zero attached hydrogens (tertiary/aromatic N) is 1. The predicted molar refractivity (Wildman–Crippen MR) is 66.3 cm³/mol. The van der Waals surface area contributed by atoms with Gasteiger partial charge in [0.15, 0.2) is 0 Å². The van der Waals surface area contributed by atoms with Crippen LogP contribution in [0.1, 0.15) is 6.92 Å². The van der Waals surface area contributed by atoms with E-state index in [0.29, 0.717) is 16.8 Å². The molecule has 1 aromatic rings. The molecule has 1 N–H and O–H groups in total. The molecule has 0 radical (unpaired) electrons. The first-order valence-electron chi connectivity index (χ1n) is 4.65. The van der Waals surface area contributed by atoms with Crippen molar-refractivity contribution in [1.82, 2.24) is 10.3 Å². The smallest absolute Gasteiger partial charge is 0.115 e. The summed E-state index contributed by atoms with van der Waals surface area (Å²) in [5.41, 5.74) is 0. The molecule has 15 heavy (non-hydrogen) atoms. The van der Waals surface area contributed by atoms with Gasteiger partial charge in [-0.25, -0.2) is 4.98 Å². The van der Waals surface area contributed by atoms with Crippen LogP contribution in [0.4, 0.5) is 0 Å². The van der Waals surface area contributed by atoms with Gasteiger partial charge in [-0.05, 0) is 12.1 Å². The highest BCUT2D eigenvalue weighted by Gasteiger charge is 2.07. The summed E-state index contributed by atoms with van der Waals surface area (Å²) >= 11 is 7.64. The molecule has 0 amide bonds. The van der Waals surface area contributed by atoms with E-state index >= 15 is 0 Å². The number of rotatable bonds is 5. The van der Waals surface area contributed by atoms with Crippen molar-refractivity contribution in [3.63, 3.8) is 0 Å². The fourth-order valence-electron chi connectivity index (χ4n) is 1.04. The van der Waals surface area contributed by atoms with Crippen LogP contribution < -0.4 is 5.32 Å². The maximum Gasteiger partial charge on any atom is 0.115 e. The maximum atomic E-state index is 5.99. The molecule has 1 unspecified atom stereocenters. The first-order valence-corrected chi connectivity index (χ1v) is 5.91. The number of nitrogens with one attached hydrogen (secondary N) is 1. The number of pyridine rings is 1. The van der Waals surface area contributed by atoms with Crippen LogP contribution in [0.3, 0.4) is 0 Å². The number of aromatic nitrogens is 1. The topological polar surface area (TPSA) is 24.9 Å². The Morgan fingerprint density at radius 1 is 1.73 bits per heavy atom. The molecule has 0 bridgehead atoms. The minimum absolute atomic E-state index is 0.394. The molecule has 4 heteroatoms. The molecule has 0 spiro atoms. The second-order valence-corrected chi connectivity index (χ2v) is 4.89. The third-order valence-electron chi connectivity index (χ3n) is 1.70. The van der Waals surface area contributed by atoms with Crippen LogP contribution >= 0.6 is 23.4 Å². The zero-order valence-corrected chi connectivity index (χ0v) is 10.1. The Kier molecular flexibility index (Phi) is 5.56. The van der Waals surface area contributed by atoms with Crippen LogP contribution in [0, 0.1) is 12.3 Å². The summed E-state index contributed by atoms with van der Waals surface area (Å²) in [5.74, 6) is 2.54. The number of terminal acetylenes is 1. The third-order valence-corrected chi connectivity index (χ3v) is 3.23. The molecule has 0 aromatic carbocycles. The highest BCUT2D eigenvalue weighted by Crippen LogP contribution is 2.27. The lowest BCUT2D eigenvalue weighted by molar-refractivity contribution is 0.747. The van der Waals surface area contributed by atoms with Crippen molar-refractivity contribution in [1.29, 1.82) is 0 Å². The SMILES string of the molecule is C#CCNCC(C)Sc1ncccc1Cl. The minimum Gasteiger partial charge on any atom is -0.305 e. The van der Waals surface area contributed by atoms with E-state index in [4.69, 9.17) is 18.0 Å². The van der Waals surface area contributed by atoms with Gasteiger partial charge in [-0.1, -0.05) is 24.4 Å². The van der Waals surface area contributed by atoms with E-state index in [0.717, 1.165) is 11.6 Å². The first kappa shape index (κ1) is 12.4. The summed E-state index contributed by atoms with van der Waals surface area (Å²) < 4.78 is 0. The van der Waals surface area contributed by atoms with Gasteiger partial charge in [0, 0.05) is 18.0 Å². The largest absolute Gasteiger partial charge is 0.305 e. The molecular formula is C11H13ClN2S. The molecular weight excluding hydrogens is 228 g/mol. The number of hydrogen-bond acceptors (Lipinski definition) is 3. The number of thioether (sulfide) groups is 1. The molecule has 0 aliphatic heterocycles. The summed E-state index contributed by atoms with van der Waals surface area (Å²) in [6, 6.07) is 3.67. The van der Waals surface area contributed by atoms with Crippen molar-refractivity contribution >= 4 is 23.4 Å². The molecule has 0 saturated carbocycles. The van der Waals surface area contributed by atoms with Gasteiger partial charge in [-0.2, -0.15) is 0 Å². The molecule has 1 rings (SSSR count). The highest BCUT2D eigenvalue weighted by atomic mass is 35.5. The van der Waals surface area contributed by atoms with Gasteiger partial charge in [0.1, 0.15) is 5.03 Å². The molecule has 0 saturated heterocycles. The number of halogens is 1. The summed E-state index contributed by atoms with van der Waals surface area (Å²) in [6.45, 7) is 3.56. The molecule has 80 valence electrons. The van der Waals surface area contributed by atoms with E-state index in [9.17, 15) is 0 Å². The fourth-order valence-corrected chi connectivity index (χ4v) is 2.18. The second-order valence-electron chi connectivity index (χ2n) is 3.05. The lowest BCUT2D eigenvalue weighted by Gasteiger charge is -2.10. The van der Waals surface area contributed by atoms with Crippen LogP contribution in [-0.2, 0) is 0 Å². The Bertz CT molecular complexity index is 349. The van der Waals surface area contributed by atoms with Crippen molar-refractivity contribution in [2.75, 3.05) is 13.1 Å². The fraction of sp³-hybridized carbons (Fsp3) is 0.364. The Labute approximate surface area is 99.8 Å². The summed E-state index contributed by atoms with van der Waals surface area (Å²) in [4.78, 5) is 4.21. The van der Waals surface area contributed by atoms with Gasteiger partial charge in [0.05, 0.1) is 11.6 Å². The van der Waals surface area contributed by atoms with Crippen molar-refractivity contribution in [2.24, 2.45) is 0 Å². The van der Waals surface area contributed by atoms with E-state index in [1.807, 2.05) is 12.1 Å². The average Bonchev–Trinajstić information content (AvgIpc) is 2.22. The van der Waals surface area contributed by atoms with Gasteiger partial charge in [0.25, 0.3) is 0 Å². The van der Waals surface area contributed by atoms with Gasteiger partial charge >= 0.3 is 0 Å². The zero-order valence-electron chi connectivity index (χ0n) is 8.53. The first-order chi connectivity index (χ1) is 7.24. The molecule has 0 aliphatic rings. The van der Waals surface area contributed by atoms with Gasteiger partial charge in [-0.3, -0.25) is 0 Å². The van der Waals surface area contributed by atoms with E-state index in [1.165, 1.54) is 0 Å². The van der Waals surface area contributed by atoms with Crippen molar-refractivity contribution in [3.05, 3.63) is 23.4 Å². The summed E-state index contributed by atoms with van der Waals surface area (Å²) in [6.07, 6.45) is 6.88. The van der Waals surface area contributed by atoms with Crippen LogP contribution in [0.15, 0.2) is 23.4 Å². The standard InChI is InChI=1S/C11H13ClN2S/c1-3-6-13-8-9(2)15-11-10(12)5-4-7-14-11/h1,4-5,7,9,13H,6,8H2,2H3. The van der Waals surface area contributed by atoms with E-state index in [-0.39, 0.29) is 0 Å². The van der Waals surface area contributed by atoms with Crippen molar-refractivity contribution in [2.45, 2.75) is 17.2 Å². The Hall–Kier alpha value is -0.690. The van der Waals surface area contributed by atoms with Gasteiger partial charge < -0.3 is 5.32 Å². The van der Waals surface area contributed by atoms with E-state index in [2.05, 4.69) is 23.1 Å². The Morgan fingerprint density at radius 2 is 2.53 bits per heavy atom. The lowest BCUT2D eigenvalue weighted by atomic mass is 10.4. The quantitative estimate of drug-likeness (QED) is 0.486. The number of hydrogen-bond donors (Lipinski definition) is 1. The predicted octanol–water partition coefficient (Wildman–Crippen LogP) is 2.44. The highest BCUT2D eigenvalue weighted by molar-refractivity contribution is 8.00. The summed E-state index contributed by atoms with van der Waals surface area (Å²) in [5, 5.41) is 5.11. The molecule has 0 fully saturated rings. The normalized spacial score (nSPS) is 12.1. The molecule has 2 nitrogen and oxygen atoms in total. The van der Waals surface area contributed by atoms with Crippen LogP contribution in [-0.4, -0.2) is 23.3 Å². The minimum atomic E-state index is 0.394. The van der Waals surface area contributed by atoms with Gasteiger partial charge in [0.2, 0.25) is 0 Å².